The third-order valence-electron chi connectivity index (χ3n) is 3.04. The van der Waals surface area contributed by atoms with Gasteiger partial charge in [-0.3, -0.25) is 0 Å². The van der Waals surface area contributed by atoms with Gasteiger partial charge < -0.3 is 5.73 Å². The summed E-state index contributed by atoms with van der Waals surface area (Å²) in [5.41, 5.74) is 8.48. The van der Waals surface area contributed by atoms with Crippen LogP contribution in [0.1, 0.15) is 24.5 Å². The molecule has 0 fully saturated rings. The highest BCUT2D eigenvalue weighted by Crippen LogP contribution is 2.22. The van der Waals surface area contributed by atoms with Crippen LogP contribution >= 0.6 is 11.8 Å². The predicted molar refractivity (Wildman–Crippen MR) is 83.6 cm³/mol. The highest BCUT2D eigenvalue weighted by Gasteiger charge is 2.07. The van der Waals surface area contributed by atoms with Gasteiger partial charge in [0.2, 0.25) is 0 Å². The number of benzene rings is 1. The molecule has 19 heavy (non-hydrogen) atoms. The maximum Gasteiger partial charge on any atom is 0.148 e. The molecule has 0 aromatic heterocycles. The molecule has 0 saturated carbocycles. The SMILES string of the molecule is CCC(N)Cc1ccc(SCCS(C)(=O)=O)cc1C. The average Bonchev–Trinajstić information content (AvgIpc) is 2.30. The van der Waals surface area contributed by atoms with Gasteiger partial charge in [0.1, 0.15) is 9.84 Å². The molecule has 1 aromatic rings. The van der Waals surface area contributed by atoms with Crippen LogP contribution in [0.15, 0.2) is 23.1 Å². The Morgan fingerprint density at radius 2 is 2.05 bits per heavy atom. The quantitative estimate of drug-likeness (QED) is 0.786. The third kappa shape index (κ3) is 6.45. The van der Waals surface area contributed by atoms with Gasteiger partial charge in [-0.05, 0) is 43.0 Å². The van der Waals surface area contributed by atoms with Crippen molar-refractivity contribution in [3.8, 4) is 0 Å². The van der Waals surface area contributed by atoms with Crippen LogP contribution in [0.5, 0.6) is 0 Å². The second-order valence-electron chi connectivity index (χ2n) is 4.94. The number of aryl methyl sites for hydroxylation is 1. The first-order valence-corrected chi connectivity index (χ1v) is 9.52. The van der Waals surface area contributed by atoms with E-state index in [4.69, 9.17) is 5.73 Å². The van der Waals surface area contributed by atoms with Crippen molar-refractivity contribution < 1.29 is 8.42 Å². The van der Waals surface area contributed by atoms with E-state index >= 15 is 0 Å². The molecule has 0 radical (unpaired) electrons. The van der Waals surface area contributed by atoms with E-state index < -0.39 is 9.84 Å². The first kappa shape index (κ1) is 16.5. The maximum atomic E-state index is 11.1. The topological polar surface area (TPSA) is 60.2 Å². The molecule has 1 aromatic carbocycles. The minimum absolute atomic E-state index is 0.211. The molecule has 0 spiro atoms. The molecule has 108 valence electrons. The van der Waals surface area contributed by atoms with Gasteiger partial charge in [0.05, 0.1) is 5.75 Å². The summed E-state index contributed by atoms with van der Waals surface area (Å²) in [5.74, 6) is 0.825. The van der Waals surface area contributed by atoms with Gasteiger partial charge in [0.25, 0.3) is 0 Å². The Hall–Kier alpha value is -0.520. The first-order chi connectivity index (χ1) is 8.81. The Morgan fingerprint density at radius 1 is 1.37 bits per heavy atom. The Labute approximate surface area is 120 Å². The van der Waals surface area contributed by atoms with Crippen LogP contribution in [-0.2, 0) is 16.3 Å². The molecular weight excluding hydrogens is 278 g/mol. The normalized spacial score (nSPS) is 13.5. The Balaban J connectivity index is 2.61. The summed E-state index contributed by atoms with van der Waals surface area (Å²) in [5, 5.41) is 0. The summed E-state index contributed by atoms with van der Waals surface area (Å²) in [4.78, 5) is 1.12. The second kappa shape index (κ2) is 7.31. The fourth-order valence-electron chi connectivity index (χ4n) is 1.72. The lowest BCUT2D eigenvalue weighted by Crippen LogP contribution is -2.21. The molecule has 0 saturated heterocycles. The van der Waals surface area contributed by atoms with E-state index in [9.17, 15) is 8.42 Å². The zero-order valence-electron chi connectivity index (χ0n) is 11.8. The Kier molecular flexibility index (Phi) is 6.36. The van der Waals surface area contributed by atoms with E-state index in [-0.39, 0.29) is 11.8 Å². The van der Waals surface area contributed by atoms with Crippen LogP contribution in [0.3, 0.4) is 0 Å². The molecular formula is C14H23NO2S2. The fraction of sp³-hybridized carbons (Fsp3) is 0.571. The van der Waals surface area contributed by atoms with Crippen LogP contribution in [0.4, 0.5) is 0 Å². The summed E-state index contributed by atoms with van der Waals surface area (Å²) in [6, 6.07) is 6.48. The molecule has 0 aliphatic carbocycles. The lowest BCUT2D eigenvalue weighted by atomic mass is 10.0. The van der Waals surface area contributed by atoms with Gasteiger partial charge in [-0.25, -0.2) is 8.42 Å². The van der Waals surface area contributed by atoms with Crippen LogP contribution in [0.2, 0.25) is 0 Å². The highest BCUT2D eigenvalue weighted by atomic mass is 32.2. The summed E-state index contributed by atoms with van der Waals surface area (Å²) in [6.45, 7) is 4.17. The van der Waals surface area contributed by atoms with Crippen molar-refractivity contribution >= 4 is 21.6 Å². The van der Waals surface area contributed by atoms with E-state index in [0.29, 0.717) is 5.75 Å². The molecule has 3 nitrogen and oxygen atoms in total. The van der Waals surface area contributed by atoms with Gasteiger partial charge in [-0.1, -0.05) is 13.0 Å². The average molecular weight is 301 g/mol. The van der Waals surface area contributed by atoms with Crippen molar-refractivity contribution in [3.63, 3.8) is 0 Å². The predicted octanol–water partition coefficient (Wildman–Crippen LogP) is 2.41. The van der Waals surface area contributed by atoms with Crippen LogP contribution in [-0.4, -0.2) is 32.2 Å². The van der Waals surface area contributed by atoms with Gasteiger partial charge in [0.15, 0.2) is 0 Å². The molecule has 5 heteroatoms. The number of rotatable bonds is 7. The minimum atomic E-state index is -2.87. The first-order valence-electron chi connectivity index (χ1n) is 6.47. The van der Waals surface area contributed by atoms with E-state index in [2.05, 4.69) is 32.0 Å². The maximum absolute atomic E-state index is 11.1. The molecule has 0 heterocycles. The van der Waals surface area contributed by atoms with Crippen molar-refractivity contribution in [2.24, 2.45) is 5.73 Å². The largest absolute Gasteiger partial charge is 0.327 e. The molecule has 0 bridgehead atoms. The van der Waals surface area contributed by atoms with Gasteiger partial charge >= 0.3 is 0 Å². The Bertz CT molecular complexity index is 512. The number of nitrogens with two attached hydrogens (primary N) is 1. The van der Waals surface area contributed by atoms with Crippen LogP contribution in [0.25, 0.3) is 0 Å². The zero-order chi connectivity index (χ0) is 14.5. The molecule has 1 rings (SSSR count). The number of sulfone groups is 1. The summed E-state index contributed by atoms with van der Waals surface area (Å²) in [7, 11) is -2.87. The Morgan fingerprint density at radius 3 is 2.58 bits per heavy atom. The standard InChI is InChI=1S/C14H23NO2S2/c1-4-13(15)10-12-5-6-14(9-11(12)2)18-7-8-19(3,16)17/h5-6,9,13H,4,7-8,10,15H2,1-3H3. The summed E-state index contributed by atoms with van der Waals surface area (Å²) in [6.07, 6.45) is 3.15. The van der Waals surface area contributed by atoms with Crippen molar-refractivity contribution in [2.45, 2.75) is 37.6 Å². The van der Waals surface area contributed by atoms with Crippen molar-refractivity contribution in [3.05, 3.63) is 29.3 Å². The van der Waals surface area contributed by atoms with Gasteiger partial charge in [-0.2, -0.15) is 0 Å². The van der Waals surface area contributed by atoms with E-state index in [1.165, 1.54) is 17.4 Å². The molecule has 0 amide bonds. The number of hydrogen-bond donors (Lipinski definition) is 1. The minimum Gasteiger partial charge on any atom is -0.327 e. The lowest BCUT2D eigenvalue weighted by Gasteiger charge is -2.12. The second-order valence-corrected chi connectivity index (χ2v) is 8.37. The molecule has 1 atom stereocenters. The van der Waals surface area contributed by atoms with E-state index in [1.54, 1.807) is 11.8 Å². The van der Waals surface area contributed by atoms with Crippen molar-refractivity contribution in [1.29, 1.82) is 0 Å². The molecule has 1 unspecified atom stereocenters. The smallest absolute Gasteiger partial charge is 0.148 e. The number of hydrogen-bond acceptors (Lipinski definition) is 4. The summed E-state index contributed by atoms with van der Waals surface area (Å²) < 4.78 is 22.1. The zero-order valence-corrected chi connectivity index (χ0v) is 13.5. The number of thioether (sulfide) groups is 1. The molecule has 2 N–H and O–H groups in total. The molecule has 0 aliphatic heterocycles. The van der Waals surface area contributed by atoms with Crippen molar-refractivity contribution in [1.82, 2.24) is 0 Å². The van der Waals surface area contributed by atoms with E-state index in [0.717, 1.165) is 17.7 Å². The fourth-order valence-corrected chi connectivity index (χ4v) is 3.93. The van der Waals surface area contributed by atoms with Crippen LogP contribution < -0.4 is 5.73 Å². The van der Waals surface area contributed by atoms with Crippen LogP contribution in [0, 0.1) is 6.92 Å². The van der Waals surface area contributed by atoms with E-state index in [1.807, 2.05) is 0 Å². The third-order valence-corrected chi connectivity index (χ3v) is 5.24. The van der Waals surface area contributed by atoms with Gasteiger partial charge in [0, 0.05) is 22.9 Å². The van der Waals surface area contributed by atoms with Gasteiger partial charge in [-0.15, -0.1) is 11.8 Å². The molecule has 0 aliphatic rings. The van der Waals surface area contributed by atoms with Crippen molar-refractivity contribution in [2.75, 3.05) is 17.8 Å². The summed E-state index contributed by atoms with van der Waals surface area (Å²) >= 11 is 1.58. The monoisotopic (exact) mass is 301 g/mol. The highest BCUT2D eigenvalue weighted by molar-refractivity contribution is 8.00. The lowest BCUT2D eigenvalue weighted by molar-refractivity contribution is 0.603.